The van der Waals surface area contributed by atoms with Gasteiger partial charge in [0, 0.05) is 17.3 Å². The molecule has 3 aromatic carbocycles. The Hall–Kier alpha value is -4.92. The van der Waals surface area contributed by atoms with Crippen LogP contribution in [0.5, 0.6) is 0 Å². The topological polar surface area (TPSA) is 115 Å². The minimum absolute atomic E-state index is 0.153. The van der Waals surface area contributed by atoms with E-state index < -0.39 is 41.1 Å². The number of amides is 2. The van der Waals surface area contributed by atoms with Crippen LogP contribution >= 0.6 is 0 Å². The van der Waals surface area contributed by atoms with E-state index in [4.69, 9.17) is 0 Å². The highest BCUT2D eigenvalue weighted by molar-refractivity contribution is 6.21. The molecule has 0 saturated carbocycles. The maximum Gasteiger partial charge on any atom is 0.262 e. The standard InChI is InChI=1S/C27H20N4O5/c32-25-21-9-4-5-10-22(21)26(33)31(25)23(17-30(35)36)24(27(34)29-16-6-15-28-29)20-13-11-19(12-14-20)18-7-2-1-3-8-18/h1-16,23-24H,17H2/t23-,24-/m0/s1. The highest BCUT2D eigenvalue weighted by Gasteiger charge is 2.47. The van der Waals surface area contributed by atoms with Crippen molar-refractivity contribution in [3.63, 3.8) is 0 Å². The SMILES string of the molecule is O=C1c2ccccc2C(=O)N1[C@@H](C[N+](=O)[O-])[C@@H](C(=O)n1cccn1)c1ccc(-c2ccccc2)cc1. The van der Waals surface area contributed by atoms with Gasteiger partial charge in [0.2, 0.25) is 6.54 Å². The molecule has 0 bridgehead atoms. The Morgan fingerprint density at radius 1 is 0.833 bits per heavy atom. The highest BCUT2D eigenvalue weighted by atomic mass is 16.6. The Balaban J connectivity index is 1.61. The zero-order valence-electron chi connectivity index (χ0n) is 18.9. The highest BCUT2D eigenvalue weighted by Crippen LogP contribution is 2.33. The molecule has 9 nitrogen and oxygen atoms in total. The van der Waals surface area contributed by atoms with Crippen LogP contribution in [0.15, 0.2) is 97.3 Å². The van der Waals surface area contributed by atoms with Crippen LogP contribution in [0, 0.1) is 10.1 Å². The van der Waals surface area contributed by atoms with Gasteiger partial charge in [-0.15, -0.1) is 0 Å². The number of carbonyl (C=O) groups excluding carboxylic acids is 3. The lowest BCUT2D eigenvalue weighted by Gasteiger charge is -2.30. The zero-order valence-corrected chi connectivity index (χ0v) is 18.9. The fraction of sp³-hybridized carbons (Fsp3) is 0.111. The Bertz CT molecular complexity index is 1410. The molecule has 36 heavy (non-hydrogen) atoms. The summed E-state index contributed by atoms with van der Waals surface area (Å²) in [5.41, 5.74) is 2.58. The maximum atomic E-state index is 13.7. The largest absolute Gasteiger partial charge is 0.272 e. The van der Waals surface area contributed by atoms with E-state index in [2.05, 4.69) is 5.10 Å². The van der Waals surface area contributed by atoms with Crippen LogP contribution in [0.4, 0.5) is 0 Å². The van der Waals surface area contributed by atoms with E-state index >= 15 is 0 Å². The van der Waals surface area contributed by atoms with Gasteiger partial charge in [-0.25, -0.2) is 4.68 Å². The number of aromatic nitrogens is 2. The molecule has 2 amide bonds. The van der Waals surface area contributed by atoms with Crippen molar-refractivity contribution in [2.24, 2.45) is 0 Å². The molecule has 1 aliphatic heterocycles. The van der Waals surface area contributed by atoms with Crippen molar-refractivity contribution in [2.75, 3.05) is 6.54 Å². The number of rotatable bonds is 7. The van der Waals surface area contributed by atoms with Crippen molar-refractivity contribution in [3.05, 3.63) is 124 Å². The number of hydrogen-bond donors (Lipinski definition) is 0. The Morgan fingerprint density at radius 3 is 1.97 bits per heavy atom. The molecule has 2 heterocycles. The molecule has 5 rings (SSSR count). The van der Waals surface area contributed by atoms with Gasteiger partial charge in [-0.2, -0.15) is 5.10 Å². The van der Waals surface area contributed by atoms with E-state index in [0.717, 1.165) is 20.7 Å². The van der Waals surface area contributed by atoms with Gasteiger partial charge in [0.05, 0.1) is 17.0 Å². The lowest BCUT2D eigenvalue weighted by atomic mass is 9.88. The van der Waals surface area contributed by atoms with Gasteiger partial charge in [-0.1, -0.05) is 66.7 Å². The van der Waals surface area contributed by atoms with Crippen LogP contribution in [0.3, 0.4) is 0 Å². The van der Waals surface area contributed by atoms with Gasteiger partial charge >= 0.3 is 0 Å². The normalized spacial score (nSPS) is 14.4. The third kappa shape index (κ3) is 4.07. The maximum absolute atomic E-state index is 13.7. The van der Waals surface area contributed by atoms with Gasteiger partial charge in [-0.05, 0) is 34.9 Å². The summed E-state index contributed by atoms with van der Waals surface area (Å²) in [7, 11) is 0. The average molecular weight is 480 g/mol. The Morgan fingerprint density at radius 2 is 1.42 bits per heavy atom. The van der Waals surface area contributed by atoms with E-state index in [1.807, 2.05) is 30.3 Å². The summed E-state index contributed by atoms with van der Waals surface area (Å²) in [5, 5.41) is 15.8. The molecule has 4 aromatic rings. The molecule has 2 atom stereocenters. The average Bonchev–Trinajstić information content (AvgIpc) is 3.52. The van der Waals surface area contributed by atoms with E-state index in [1.165, 1.54) is 24.5 Å². The van der Waals surface area contributed by atoms with E-state index in [0.29, 0.717) is 5.56 Å². The second-order valence-electron chi connectivity index (χ2n) is 8.36. The smallest absolute Gasteiger partial charge is 0.262 e. The molecule has 0 saturated heterocycles. The molecular weight excluding hydrogens is 460 g/mol. The summed E-state index contributed by atoms with van der Waals surface area (Å²) in [4.78, 5) is 52.2. The van der Waals surface area contributed by atoms with Gasteiger partial charge in [-0.3, -0.25) is 29.4 Å². The lowest BCUT2D eigenvalue weighted by Crippen LogP contribution is -2.50. The number of nitro groups is 1. The first-order chi connectivity index (χ1) is 17.5. The minimum atomic E-state index is -1.37. The second-order valence-corrected chi connectivity index (χ2v) is 8.36. The third-order valence-electron chi connectivity index (χ3n) is 6.25. The van der Waals surface area contributed by atoms with Crippen molar-refractivity contribution in [1.82, 2.24) is 14.7 Å². The fourth-order valence-corrected chi connectivity index (χ4v) is 4.58. The summed E-state index contributed by atoms with van der Waals surface area (Å²) < 4.78 is 1.07. The predicted molar refractivity (Wildman–Crippen MR) is 130 cm³/mol. The van der Waals surface area contributed by atoms with Crippen LogP contribution in [-0.4, -0.2) is 49.9 Å². The lowest BCUT2D eigenvalue weighted by molar-refractivity contribution is -0.485. The fourth-order valence-electron chi connectivity index (χ4n) is 4.58. The van der Waals surface area contributed by atoms with Crippen LogP contribution in [0.2, 0.25) is 0 Å². The summed E-state index contributed by atoms with van der Waals surface area (Å²) >= 11 is 0. The number of carbonyl (C=O) groups is 3. The molecule has 0 fully saturated rings. The third-order valence-corrected chi connectivity index (χ3v) is 6.25. The van der Waals surface area contributed by atoms with Crippen molar-refractivity contribution in [2.45, 2.75) is 12.0 Å². The van der Waals surface area contributed by atoms with Crippen molar-refractivity contribution >= 4 is 17.7 Å². The molecule has 0 unspecified atom stereocenters. The number of benzene rings is 3. The minimum Gasteiger partial charge on any atom is -0.272 e. The second kappa shape index (κ2) is 9.38. The van der Waals surface area contributed by atoms with Crippen LogP contribution in [-0.2, 0) is 0 Å². The number of hydrogen-bond acceptors (Lipinski definition) is 6. The molecule has 1 aliphatic rings. The first-order valence-electron chi connectivity index (χ1n) is 11.2. The summed E-state index contributed by atoms with van der Waals surface area (Å²) in [6, 6.07) is 23.0. The summed E-state index contributed by atoms with van der Waals surface area (Å²) in [6.45, 7) is -0.802. The van der Waals surface area contributed by atoms with E-state index in [1.54, 1.807) is 42.5 Å². The van der Waals surface area contributed by atoms with Gasteiger partial charge in [0.25, 0.3) is 17.7 Å². The van der Waals surface area contributed by atoms with Crippen LogP contribution in [0.25, 0.3) is 11.1 Å². The molecule has 0 aliphatic carbocycles. The molecule has 178 valence electrons. The predicted octanol–water partition coefficient (Wildman–Crippen LogP) is 3.92. The van der Waals surface area contributed by atoms with Crippen LogP contribution < -0.4 is 0 Å². The molecular formula is C27H20N4O5. The quantitative estimate of drug-likeness (QED) is 0.225. The van der Waals surface area contributed by atoms with Gasteiger partial charge in [0.1, 0.15) is 6.04 Å². The zero-order chi connectivity index (χ0) is 25.2. The summed E-state index contributed by atoms with van der Waals surface area (Å²) in [6.07, 6.45) is 2.84. The van der Waals surface area contributed by atoms with Gasteiger partial charge < -0.3 is 0 Å². The van der Waals surface area contributed by atoms with Crippen molar-refractivity contribution < 1.29 is 19.3 Å². The molecule has 0 radical (unpaired) electrons. The first-order valence-corrected chi connectivity index (χ1v) is 11.2. The number of nitrogens with zero attached hydrogens (tertiary/aromatic N) is 4. The van der Waals surface area contributed by atoms with E-state index in [-0.39, 0.29) is 11.1 Å². The molecule has 0 spiro atoms. The summed E-state index contributed by atoms with van der Waals surface area (Å²) in [5.74, 6) is -3.14. The molecule has 9 heteroatoms. The van der Waals surface area contributed by atoms with Crippen LogP contribution in [0.1, 0.15) is 37.0 Å². The Labute approximate surface area is 205 Å². The number of imide groups is 1. The molecule has 0 N–H and O–H groups in total. The van der Waals surface area contributed by atoms with Crippen molar-refractivity contribution in [1.29, 1.82) is 0 Å². The van der Waals surface area contributed by atoms with E-state index in [9.17, 15) is 24.5 Å². The number of fused-ring (bicyclic) bond motifs is 1. The Kier molecular flexibility index (Phi) is 5.95. The van der Waals surface area contributed by atoms with Crippen molar-refractivity contribution in [3.8, 4) is 11.1 Å². The molecule has 1 aromatic heterocycles. The first kappa shape index (κ1) is 22.9. The monoisotopic (exact) mass is 480 g/mol. The van der Waals surface area contributed by atoms with Gasteiger partial charge in [0.15, 0.2) is 0 Å².